The second-order valence-electron chi connectivity index (χ2n) is 0.217. The van der Waals surface area contributed by atoms with Crippen molar-refractivity contribution >= 4 is 24.9 Å². The van der Waals surface area contributed by atoms with Gasteiger partial charge in [0, 0.05) is 0 Å². The van der Waals surface area contributed by atoms with Crippen molar-refractivity contribution in [2.24, 2.45) is 0 Å². The topological polar surface area (TPSA) is 60.4 Å². The fourth-order valence-electron chi connectivity index (χ4n) is 0. The Bertz CT molecular complexity index is 31.8. The average Bonchev–Trinajstić information content (AvgIpc) is 0.811. The van der Waals surface area contributed by atoms with Gasteiger partial charge in [0.15, 0.2) is 0 Å². The molecule has 0 aliphatic heterocycles. The maximum atomic E-state index is 8.56. The van der Waals surface area contributed by atoms with Crippen LogP contribution in [0.25, 0.3) is 0 Å². The maximum Gasteiger partial charge on any atom is 1.00 e. The molecule has 6 heavy (non-hydrogen) atoms. The van der Waals surface area contributed by atoms with Crippen LogP contribution >= 0.6 is 0 Å². The zero-order valence-electron chi connectivity index (χ0n) is 3.12. The third kappa shape index (κ3) is 52.5. The minimum Gasteiger partial charge on any atom is -0.813 e. The molecule has 0 saturated carbocycles. The summed E-state index contributed by atoms with van der Waals surface area (Å²) < 4.78 is 24.1. The minimum atomic E-state index is -2.86. The first kappa shape index (κ1) is 15.7. The molecular formula is H2NaO3S2-. The van der Waals surface area contributed by atoms with E-state index in [4.69, 9.17) is 13.3 Å². The first-order valence-corrected chi connectivity index (χ1v) is 1.55. The molecule has 0 aliphatic carbocycles. The summed E-state index contributed by atoms with van der Waals surface area (Å²) in [5, 5.41) is 0. The molecule has 0 aromatic rings. The van der Waals surface area contributed by atoms with Gasteiger partial charge in [0.1, 0.15) is 0 Å². The van der Waals surface area contributed by atoms with E-state index >= 15 is 0 Å². The van der Waals surface area contributed by atoms with Crippen LogP contribution in [0.15, 0.2) is 0 Å². The predicted octanol–water partition coefficient (Wildman–Crippen LogP) is -3.93. The number of hydrogen-bond donors (Lipinski definition) is 1. The number of hydrogen-bond acceptors (Lipinski definition) is 3. The molecule has 0 aromatic carbocycles. The molecular weight excluding hydrogens is 135 g/mol. The summed E-state index contributed by atoms with van der Waals surface area (Å²) in [6.07, 6.45) is 0. The Morgan fingerprint density at radius 3 is 1.67 bits per heavy atom. The van der Waals surface area contributed by atoms with Crippen LogP contribution in [-0.4, -0.2) is 13.3 Å². The molecule has 0 heterocycles. The van der Waals surface area contributed by atoms with Crippen molar-refractivity contribution in [2.45, 2.75) is 0 Å². The van der Waals surface area contributed by atoms with Gasteiger partial charge in [-0.2, -0.15) is 0 Å². The van der Waals surface area contributed by atoms with Crippen LogP contribution in [0, 0.1) is 0 Å². The summed E-state index contributed by atoms with van der Waals surface area (Å²) in [5.41, 5.74) is 0. The van der Waals surface area contributed by atoms with Crippen LogP contribution in [0.5, 0.6) is 0 Å². The molecule has 34 valence electrons. The van der Waals surface area contributed by atoms with Gasteiger partial charge < -0.3 is 22.6 Å². The molecule has 1 atom stereocenters. The van der Waals surface area contributed by atoms with Gasteiger partial charge in [-0.1, -0.05) is 0 Å². The maximum absolute atomic E-state index is 8.56. The third-order valence-electron chi connectivity index (χ3n) is 0. The third-order valence-corrected chi connectivity index (χ3v) is 0. The summed E-state index contributed by atoms with van der Waals surface area (Å²) in [7, 11) is 0. The molecule has 1 N–H and O–H groups in total. The summed E-state index contributed by atoms with van der Waals surface area (Å²) in [6.45, 7) is 0. The zero-order chi connectivity index (χ0) is 3.58. The second-order valence-corrected chi connectivity index (χ2v) is 0.651. The van der Waals surface area contributed by atoms with Gasteiger partial charge in [0.05, 0.1) is 11.4 Å². The smallest absolute Gasteiger partial charge is 0.813 e. The Balaban J connectivity index is -0.0000000450. The Kier molecular flexibility index (Phi) is 25.2. The fraction of sp³-hybridized carbons (Fsp3) is 0. The van der Waals surface area contributed by atoms with Crippen LogP contribution in [0.4, 0.5) is 0 Å². The van der Waals surface area contributed by atoms with Gasteiger partial charge in [-0.15, -0.1) is 0 Å². The van der Waals surface area contributed by atoms with Crippen molar-refractivity contribution in [3.8, 4) is 0 Å². The molecule has 0 bridgehead atoms. The quantitative estimate of drug-likeness (QED) is 0.160. The van der Waals surface area contributed by atoms with Gasteiger partial charge in [0.2, 0.25) is 0 Å². The summed E-state index contributed by atoms with van der Waals surface area (Å²) in [6, 6.07) is 0. The molecule has 0 radical (unpaired) electrons. The van der Waals surface area contributed by atoms with E-state index in [1.807, 2.05) is 0 Å². The normalized spacial score (nSPS) is 10.3. The predicted molar refractivity (Wildman–Crippen MR) is 20.3 cm³/mol. The summed E-state index contributed by atoms with van der Waals surface area (Å²) in [5.74, 6) is 0. The number of thiol groups is 1. The largest absolute Gasteiger partial charge is 1.00 e. The van der Waals surface area contributed by atoms with E-state index in [9.17, 15) is 0 Å². The summed E-state index contributed by atoms with van der Waals surface area (Å²) in [4.78, 5) is 0. The molecule has 3 nitrogen and oxygen atoms in total. The van der Waals surface area contributed by atoms with Gasteiger partial charge in [-0.05, 0) is 0 Å². The zero-order valence-corrected chi connectivity index (χ0v) is 6.83. The Morgan fingerprint density at radius 1 is 1.67 bits per heavy atom. The van der Waals surface area contributed by atoms with Crippen molar-refractivity contribution in [3.05, 3.63) is 0 Å². The standard InChI is InChI=1S/Na.H2O3S.H2S/c;1-4(2)3;/h;(H2,1,2,3);1H2/q+1;;/p-2. The van der Waals surface area contributed by atoms with Gasteiger partial charge in [-0.3, -0.25) is 0 Å². The minimum absolute atomic E-state index is 0. The van der Waals surface area contributed by atoms with Crippen molar-refractivity contribution in [1.82, 2.24) is 0 Å². The molecule has 0 amide bonds. The first-order chi connectivity index (χ1) is 1.73. The molecule has 0 spiro atoms. The molecule has 0 fully saturated rings. The van der Waals surface area contributed by atoms with Crippen LogP contribution in [0.3, 0.4) is 0 Å². The van der Waals surface area contributed by atoms with E-state index < -0.39 is 11.4 Å². The van der Waals surface area contributed by atoms with Gasteiger partial charge >= 0.3 is 29.6 Å². The van der Waals surface area contributed by atoms with E-state index in [2.05, 4.69) is 0 Å². The van der Waals surface area contributed by atoms with E-state index in [-0.39, 0.29) is 43.1 Å². The van der Waals surface area contributed by atoms with Crippen molar-refractivity contribution in [1.29, 1.82) is 0 Å². The van der Waals surface area contributed by atoms with Gasteiger partial charge in [0.25, 0.3) is 0 Å². The SMILES string of the molecule is O=S([O-])O.[Na+].[SH-]. The van der Waals surface area contributed by atoms with Crippen molar-refractivity contribution in [2.75, 3.05) is 0 Å². The molecule has 0 saturated heterocycles. The van der Waals surface area contributed by atoms with Crippen molar-refractivity contribution < 1.29 is 42.9 Å². The molecule has 1 unspecified atom stereocenters. The second kappa shape index (κ2) is 9.65. The average molecular weight is 137 g/mol. The Labute approximate surface area is 67.4 Å². The molecule has 0 aliphatic rings. The fourth-order valence-corrected chi connectivity index (χ4v) is 0. The van der Waals surface area contributed by atoms with Crippen LogP contribution in [-0.2, 0) is 24.9 Å². The van der Waals surface area contributed by atoms with Crippen LogP contribution in [0.1, 0.15) is 0 Å². The van der Waals surface area contributed by atoms with E-state index in [0.29, 0.717) is 0 Å². The van der Waals surface area contributed by atoms with E-state index in [1.165, 1.54) is 0 Å². The van der Waals surface area contributed by atoms with Gasteiger partial charge in [-0.25, -0.2) is 4.21 Å². The molecule has 0 rings (SSSR count). The summed E-state index contributed by atoms with van der Waals surface area (Å²) >= 11 is -2.86. The molecule has 0 aromatic heterocycles. The monoisotopic (exact) mass is 137 g/mol. The van der Waals surface area contributed by atoms with Crippen molar-refractivity contribution in [3.63, 3.8) is 0 Å². The Hall–Kier alpha value is 1.42. The van der Waals surface area contributed by atoms with E-state index in [1.54, 1.807) is 0 Å². The van der Waals surface area contributed by atoms with E-state index in [0.717, 1.165) is 0 Å². The Morgan fingerprint density at radius 2 is 1.67 bits per heavy atom. The van der Waals surface area contributed by atoms with Crippen LogP contribution in [0.2, 0.25) is 0 Å². The first-order valence-electron chi connectivity index (χ1n) is 0.516. The molecule has 6 heteroatoms. The number of rotatable bonds is 0. The van der Waals surface area contributed by atoms with Crippen LogP contribution < -0.4 is 29.6 Å².